The van der Waals surface area contributed by atoms with Crippen LogP contribution < -0.4 is 0 Å². The summed E-state index contributed by atoms with van der Waals surface area (Å²) in [4.78, 5) is 0. The molecular weight excluding hydrogens is 304 g/mol. The Morgan fingerprint density at radius 2 is 1.83 bits per heavy atom. The van der Waals surface area contributed by atoms with Gasteiger partial charge in [-0.15, -0.1) is 0 Å². The van der Waals surface area contributed by atoms with E-state index in [0.717, 1.165) is 51.6 Å². The molecule has 0 aromatic heterocycles. The minimum Gasteiger partial charge on any atom is -0.396 e. The molecule has 3 aliphatic carbocycles. The van der Waals surface area contributed by atoms with Gasteiger partial charge in [0.2, 0.25) is 0 Å². The molecule has 24 heavy (non-hydrogen) atoms. The fourth-order valence-electron chi connectivity index (χ4n) is 7.74. The first-order valence-electron chi connectivity index (χ1n) is 9.86. The van der Waals surface area contributed by atoms with E-state index in [4.69, 9.17) is 9.47 Å². The monoisotopic (exact) mass is 336 g/mol. The van der Waals surface area contributed by atoms with E-state index in [9.17, 15) is 10.2 Å². The van der Waals surface area contributed by atoms with Gasteiger partial charge in [-0.2, -0.15) is 0 Å². The van der Waals surface area contributed by atoms with E-state index in [1.54, 1.807) is 0 Å². The summed E-state index contributed by atoms with van der Waals surface area (Å²) in [5.41, 5.74) is -1.10. The fraction of sp³-hybridized carbons (Fsp3) is 1.00. The lowest BCUT2D eigenvalue weighted by molar-refractivity contribution is -0.212. The van der Waals surface area contributed by atoms with Crippen molar-refractivity contribution in [3.8, 4) is 0 Å². The Morgan fingerprint density at radius 3 is 2.50 bits per heavy atom. The first-order valence-corrected chi connectivity index (χ1v) is 9.86. The van der Waals surface area contributed by atoms with Gasteiger partial charge in [-0.25, -0.2) is 0 Å². The normalized spacial score (nSPS) is 64.6. The number of ether oxygens (including phenoxy) is 2. The molecule has 5 aliphatic rings. The van der Waals surface area contributed by atoms with Crippen LogP contribution in [0.15, 0.2) is 0 Å². The molecule has 1 spiro atoms. The minimum absolute atomic E-state index is 0.0217. The van der Waals surface area contributed by atoms with Crippen molar-refractivity contribution >= 4 is 0 Å². The lowest BCUT2D eigenvalue weighted by atomic mass is 9.41. The van der Waals surface area contributed by atoms with E-state index in [-0.39, 0.29) is 34.6 Å². The summed E-state index contributed by atoms with van der Waals surface area (Å²) in [6.45, 7) is 7.97. The Morgan fingerprint density at radius 1 is 1.08 bits per heavy atom. The van der Waals surface area contributed by atoms with Crippen LogP contribution in [0.5, 0.6) is 0 Å². The van der Waals surface area contributed by atoms with Crippen LogP contribution in [0.4, 0.5) is 0 Å². The molecule has 3 saturated carbocycles. The first-order chi connectivity index (χ1) is 11.2. The average Bonchev–Trinajstić information content (AvgIpc) is 3.38. The summed E-state index contributed by atoms with van der Waals surface area (Å²) in [6.07, 6.45) is 7.44. The number of epoxide rings is 2. The molecule has 2 saturated heterocycles. The van der Waals surface area contributed by atoms with Crippen LogP contribution in [-0.4, -0.2) is 46.8 Å². The molecule has 0 aromatic carbocycles. The summed E-state index contributed by atoms with van der Waals surface area (Å²) < 4.78 is 12.1. The number of aliphatic hydroxyl groups excluding tert-OH is 1. The Kier molecular flexibility index (Phi) is 2.93. The molecule has 0 radical (unpaired) electrons. The van der Waals surface area contributed by atoms with Crippen molar-refractivity contribution < 1.29 is 19.7 Å². The first kappa shape index (κ1) is 16.0. The maximum absolute atomic E-state index is 11.8. The molecular formula is C20H32O4. The van der Waals surface area contributed by atoms with Crippen molar-refractivity contribution in [3.05, 3.63) is 0 Å². The summed E-state index contributed by atoms with van der Waals surface area (Å²) in [5.74, 6) is 0.440. The molecule has 2 aliphatic heterocycles. The van der Waals surface area contributed by atoms with E-state index in [1.165, 1.54) is 0 Å². The Balaban J connectivity index is 1.55. The second-order valence-corrected chi connectivity index (χ2v) is 10.4. The number of rotatable bonds is 2. The Labute approximate surface area is 144 Å². The molecule has 0 amide bonds. The van der Waals surface area contributed by atoms with E-state index in [1.807, 2.05) is 0 Å². The standard InChI is InChI=1S/C20H32O4/c1-16(12-21)6-4-7-18(3)13(16)5-8-19(22)11-17(2,15-10-23-15)9-14-20(18,19)24-14/h13-15,21-22H,4-12H2,1-3H3/t13-,14-,15?,16+,17-,18-,19+,20+/m1/s1. The molecule has 2 heterocycles. The highest BCUT2D eigenvalue weighted by Gasteiger charge is 2.83. The second kappa shape index (κ2) is 4.39. The maximum Gasteiger partial charge on any atom is 0.129 e. The van der Waals surface area contributed by atoms with Crippen LogP contribution in [0.3, 0.4) is 0 Å². The second-order valence-electron chi connectivity index (χ2n) is 10.4. The highest BCUT2D eigenvalue weighted by Crippen LogP contribution is 2.76. The number of hydrogen-bond acceptors (Lipinski definition) is 4. The van der Waals surface area contributed by atoms with Crippen molar-refractivity contribution in [1.29, 1.82) is 0 Å². The maximum atomic E-state index is 11.8. The quantitative estimate of drug-likeness (QED) is 0.761. The highest BCUT2D eigenvalue weighted by molar-refractivity contribution is 5.32. The molecule has 0 aromatic rings. The van der Waals surface area contributed by atoms with Gasteiger partial charge >= 0.3 is 0 Å². The summed E-state index contributed by atoms with van der Waals surface area (Å²) in [5, 5.41) is 21.9. The summed E-state index contributed by atoms with van der Waals surface area (Å²) in [7, 11) is 0. The molecule has 1 unspecified atom stereocenters. The SMILES string of the molecule is C[C@@]1(C2CO2)C[C@H]2O[C@@]23[C@](O)(CC[C@@H]2[C@](C)(CO)CCC[C@]23C)C1. The van der Waals surface area contributed by atoms with E-state index in [2.05, 4.69) is 20.8 Å². The number of hydrogen-bond donors (Lipinski definition) is 2. The van der Waals surface area contributed by atoms with Gasteiger partial charge in [-0.1, -0.05) is 27.2 Å². The van der Waals surface area contributed by atoms with Crippen molar-refractivity contribution in [3.63, 3.8) is 0 Å². The van der Waals surface area contributed by atoms with Crippen molar-refractivity contribution in [2.45, 2.75) is 89.1 Å². The lowest BCUT2D eigenvalue weighted by Gasteiger charge is -2.63. The van der Waals surface area contributed by atoms with Crippen LogP contribution in [0.1, 0.15) is 65.7 Å². The van der Waals surface area contributed by atoms with Gasteiger partial charge in [0.25, 0.3) is 0 Å². The molecule has 136 valence electrons. The summed E-state index contributed by atoms with van der Waals surface area (Å²) in [6, 6.07) is 0. The Bertz CT molecular complexity index is 576. The zero-order valence-electron chi connectivity index (χ0n) is 15.3. The van der Waals surface area contributed by atoms with Gasteiger partial charge < -0.3 is 19.7 Å². The molecule has 4 heteroatoms. The average molecular weight is 336 g/mol. The largest absolute Gasteiger partial charge is 0.396 e. The van der Waals surface area contributed by atoms with Crippen LogP contribution in [0.25, 0.3) is 0 Å². The zero-order chi connectivity index (χ0) is 17.0. The Hall–Kier alpha value is -0.160. The third kappa shape index (κ3) is 1.65. The van der Waals surface area contributed by atoms with Crippen LogP contribution in [-0.2, 0) is 9.47 Å². The van der Waals surface area contributed by atoms with Crippen molar-refractivity contribution in [1.82, 2.24) is 0 Å². The topological polar surface area (TPSA) is 65.5 Å². The van der Waals surface area contributed by atoms with Crippen LogP contribution in [0, 0.1) is 22.2 Å². The van der Waals surface area contributed by atoms with Crippen molar-refractivity contribution in [2.75, 3.05) is 13.2 Å². The van der Waals surface area contributed by atoms with E-state index < -0.39 is 5.60 Å². The smallest absolute Gasteiger partial charge is 0.129 e. The van der Waals surface area contributed by atoms with Gasteiger partial charge in [0.1, 0.15) is 5.60 Å². The molecule has 4 nitrogen and oxygen atoms in total. The van der Waals surface area contributed by atoms with E-state index in [0.29, 0.717) is 12.0 Å². The van der Waals surface area contributed by atoms with E-state index >= 15 is 0 Å². The highest BCUT2D eigenvalue weighted by atomic mass is 16.6. The fourth-order valence-corrected chi connectivity index (χ4v) is 7.74. The molecule has 5 fully saturated rings. The molecule has 0 bridgehead atoms. The number of fused-ring (bicyclic) bond motifs is 1. The summed E-state index contributed by atoms with van der Waals surface area (Å²) >= 11 is 0. The predicted molar refractivity (Wildman–Crippen MR) is 89.5 cm³/mol. The molecule has 5 rings (SSSR count). The molecule has 8 atom stereocenters. The number of aliphatic hydroxyl groups is 2. The van der Waals surface area contributed by atoms with Gasteiger partial charge in [0, 0.05) is 17.4 Å². The van der Waals surface area contributed by atoms with Gasteiger partial charge in [0.15, 0.2) is 0 Å². The van der Waals surface area contributed by atoms with Crippen LogP contribution >= 0.6 is 0 Å². The minimum atomic E-state index is -0.727. The van der Waals surface area contributed by atoms with Gasteiger partial charge in [-0.3, -0.25) is 0 Å². The van der Waals surface area contributed by atoms with Crippen molar-refractivity contribution in [2.24, 2.45) is 22.2 Å². The third-order valence-electron chi connectivity index (χ3n) is 8.98. The van der Waals surface area contributed by atoms with Gasteiger partial charge in [0.05, 0.1) is 24.4 Å². The zero-order valence-corrected chi connectivity index (χ0v) is 15.3. The van der Waals surface area contributed by atoms with Gasteiger partial charge in [-0.05, 0) is 49.9 Å². The molecule has 2 N–H and O–H groups in total. The third-order valence-corrected chi connectivity index (χ3v) is 8.98. The lowest BCUT2D eigenvalue weighted by Crippen LogP contribution is -2.69. The predicted octanol–water partition coefficient (Wildman–Crippen LogP) is 2.65. The van der Waals surface area contributed by atoms with Crippen LogP contribution in [0.2, 0.25) is 0 Å².